The Balaban J connectivity index is 4.47. The third-order valence-electron chi connectivity index (χ3n) is 4.61. The molecular weight excluding hydrogens is 576 g/mol. The summed E-state index contributed by atoms with van der Waals surface area (Å²) in [5, 5.41) is 0. The van der Waals surface area contributed by atoms with Gasteiger partial charge in [0.05, 0.1) is 5.56 Å². The van der Waals surface area contributed by atoms with Crippen molar-refractivity contribution in [1.82, 2.24) is 0 Å². The average molecular weight is 594 g/mol. The first-order valence-electron chi connectivity index (χ1n) is 10.1. The molecule has 0 spiro atoms. The second kappa shape index (κ2) is 10.1. The van der Waals surface area contributed by atoms with Gasteiger partial charge in [0.1, 0.15) is 5.60 Å². The number of rotatable bonds is 5. The predicted molar refractivity (Wildman–Crippen MR) is 103 cm³/mol. The van der Waals surface area contributed by atoms with E-state index in [1.165, 1.54) is 0 Å². The van der Waals surface area contributed by atoms with E-state index in [0.29, 0.717) is 0 Å². The molecule has 0 aromatic heterocycles. The van der Waals surface area contributed by atoms with Gasteiger partial charge in [-0.15, -0.1) is 0 Å². The van der Waals surface area contributed by atoms with E-state index in [0.717, 1.165) is 20.8 Å². The molecule has 0 heterocycles. The SMILES string of the molecule is CC(=O)OC(c1ccc(C(OC(C)=O)(C(F)(F)F)C(F)(F)F)c(C(=O)OC(C)(C)C)c1)(C(F)(F)F)C(F)(F)F. The standard InChI is InChI=1S/C21H18F12O6/c1-9(34)37-16(18(22,23)24,19(25,26)27)11-6-7-13(12(8-11)14(36)39-15(3,4)5)17(20(28,29)30,21(31,32)33)38-10(2)35/h6-8H,1-5H3. The van der Waals surface area contributed by atoms with Crippen LogP contribution in [-0.4, -0.2) is 48.2 Å². The zero-order chi connectivity index (χ0) is 31.2. The lowest BCUT2D eigenvalue weighted by molar-refractivity contribution is -0.378. The Morgan fingerprint density at radius 3 is 1.26 bits per heavy atom. The van der Waals surface area contributed by atoms with Crippen LogP contribution >= 0.6 is 0 Å². The van der Waals surface area contributed by atoms with E-state index in [-0.39, 0.29) is 13.8 Å². The summed E-state index contributed by atoms with van der Waals surface area (Å²) >= 11 is 0. The van der Waals surface area contributed by atoms with Crippen LogP contribution in [0.1, 0.15) is 56.1 Å². The maximum absolute atomic E-state index is 14.0. The molecule has 0 bridgehead atoms. The predicted octanol–water partition coefficient (Wildman–Crippen LogP) is 6.41. The van der Waals surface area contributed by atoms with Gasteiger partial charge in [0.15, 0.2) is 0 Å². The number of alkyl halides is 12. The lowest BCUT2D eigenvalue weighted by Gasteiger charge is -2.39. The molecule has 0 aliphatic rings. The van der Waals surface area contributed by atoms with Gasteiger partial charge in [-0.1, -0.05) is 12.1 Å². The molecule has 39 heavy (non-hydrogen) atoms. The van der Waals surface area contributed by atoms with E-state index in [9.17, 15) is 67.1 Å². The van der Waals surface area contributed by atoms with E-state index >= 15 is 0 Å². The Hall–Kier alpha value is -3.21. The van der Waals surface area contributed by atoms with E-state index in [4.69, 9.17) is 0 Å². The number of ether oxygens (including phenoxy) is 3. The van der Waals surface area contributed by atoms with Gasteiger partial charge in [0, 0.05) is 25.0 Å². The van der Waals surface area contributed by atoms with Crippen LogP contribution in [0.3, 0.4) is 0 Å². The molecule has 222 valence electrons. The monoisotopic (exact) mass is 594 g/mol. The Kier molecular flexibility index (Phi) is 8.74. The first-order chi connectivity index (χ1) is 17.0. The normalized spacial score (nSPS) is 14.1. The van der Waals surface area contributed by atoms with Crippen LogP contribution in [0.5, 0.6) is 0 Å². The van der Waals surface area contributed by atoms with Crippen molar-refractivity contribution in [3.63, 3.8) is 0 Å². The lowest BCUT2D eigenvalue weighted by atomic mass is 9.83. The van der Waals surface area contributed by atoms with Crippen molar-refractivity contribution in [1.29, 1.82) is 0 Å². The van der Waals surface area contributed by atoms with Gasteiger partial charge >= 0.3 is 53.8 Å². The van der Waals surface area contributed by atoms with Crippen molar-refractivity contribution >= 4 is 17.9 Å². The topological polar surface area (TPSA) is 78.9 Å². The van der Waals surface area contributed by atoms with Crippen LogP contribution in [0.2, 0.25) is 0 Å². The van der Waals surface area contributed by atoms with Crippen molar-refractivity contribution in [2.45, 2.75) is 76.1 Å². The molecule has 0 saturated carbocycles. The minimum absolute atomic E-state index is 0.0901. The van der Waals surface area contributed by atoms with Crippen molar-refractivity contribution in [3.8, 4) is 0 Å². The maximum atomic E-state index is 14.0. The highest BCUT2D eigenvalue weighted by Crippen LogP contribution is 2.57. The smallest absolute Gasteiger partial charge is 0.442 e. The van der Waals surface area contributed by atoms with Gasteiger partial charge in [0.2, 0.25) is 0 Å². The number of esters is 3. The fourth-order valence-electron chi connectivity index (χ4n) is 3.30. The van der Waals surface area contributed by atoms with Crippen LogP contribution in [0, 0.1) is 0 Å². The fraction of sp³-hybridized carbons (Fsp3) is 0.571. The van der Waals surface area contributed by atoms with E-state index in [2.05, 4.69) is 14.2 Å². The zero-order valence-corrected chi connectivity index (χ0v) is 20.2. The van der Waals surface area contributed by atoms with Gasteiger partial charge in [-0.3, -0.25) is 9.59 Å². The third-order valence-corrected chi connectivity index (χ3v) is 4.61. The highest BCUT2D eigenvalue weighted by Gasteiger charge is 2.78. The van der Waals surface area contributed by atoms with Crippen molar-refractivity contribution in [3.05, 3.63) is 34.9 Å². The molecule has 0 radical (unpaired) electrons. The maximum Gasteiger partial charge on any atom is 0.442 e. The molecule has 1 rings (SSSR count). The first-order valence-corrected chi connectivity index (χ1v) is 10.1. The number of benzene rings is 1. The molecule has 0 fully saturated rings. The summed E-state index contributed by atoms with van der Waals surface area (Å²) in [6.07, 6.45) is -26.6. The third kappa shape index (κ3) is 6.34. The Bertz CT molecular complexity index is 1080. The minimum Gasteiger partial charge on any atom is -0.456 e. The van der Waals surface area contributed by atoms with Crippen LogP contribution in [0.4, 0.5) is 52.7 Å². The molecule has 0 N–H and O–H groups in total. The van der Waals surface area contributed by atoms with Gasteiger partial charge in [-0.25, -0.2) is 4.79 Å². The quantitative estimate of drug-likeness (QED) is 0.223. The van der Waals surface area contributed by atoms with Crippen LogP contribution in [-0.2, 0) is 35.0 Å². The van der Waals surface area contributed by atoms with E-state index in [1.54, 1.807) is 0 Å². The summed E-state index contributed by atoms with van der Waals surface area (Å²) in [6, 6.07) is -1.79. The number of hydrogen-bond donors (Lipinski definition) is 0. The Labute approximate surface area is 211 Å². The van der Waals surface area contributed by atoms with Crippen molar-refractivity contribution in [2.24, 2.45) is 0 Å². The highest BCUT2D eigenvalue weighted by molar-refractivity contribution is 5.92. The van der Waals surface area contributed by atoms with Crippen LogP contribution in [0.25, 0.3) is 0 Å². The molecule has 6 nitrogen and oxygen atoms in total. The molecule has 0 aliphatic heterocycles. The average Bonchev–Trinajstić information content (AvgIpc) is 2.64. The second-order valence-electron chi connectivity index (χ2n) is 8.80. The molecule has 18 heteroatoms. The van der Waals surface area contributed by atoms with Gasteiger partial charge in [-0.05, 0) is 26.8 Å². The summed E-state index contributed by atoms with van der Waals surface area (Å²) in [4.78, 5) is 35.3. The lowest BCUT2D eigenvalue weighted by Crippen LogP contribution is -2.58. The number of hydrogen-bond acceptors (Lipinski definition) is 6. The molecule has 1 aromatic carbocycles. The number of carbonyl (C=O) groups excluding carboxylic acids is 3. The molecule has 0 saturated heterocycles. The van der Waals surface area contributed by atoms with Crippen molar-refractivity contribution in [2.75, 3.05) is 0 Å². The minimum atomic E-state index is -6.68. The van der Waals surface area contributed by atoms with Crippen LogP contribution in [0.15, 0.2) is 18.2 Å². The molecule has 0 atom stereocenters. The van der Waals surface area contributed by atoms with Gasteiger partial charge < -0.3 is 14.2 Å². The second-order valence-corrected chi connectivity index (χ2v) is 8.80. The molecule has 1 aromatic rings. The van der Waals surface area contributed by atoms with Crippen molar-refractivity contribution < 1.29 is 81.3 Å². The molecule has 0 amide bonds. The van der Waals surface area contributed by atoms with Gasteiger partial charge in [0.25, 0.3) is 0 Å². The summed E-state index contributed by atoms with van der Waals surface area (Å²) < 4.78 is 179. The Morgan fingerprint density at radius 1 is 0.590 bits per heavy atom. The number of carbonyl (C=O) groups is 3. The summed E-state index contributed by atoms with van der Waals surface area (Å²) in [6.45, 7) is 3.22. The summed E-state index contributed by atoms with van der Waals surface area (Å²) in [5.41, 5.74) is -20.1. The largest absolute Gasteiger partial charge is 0.456 e. The summed E-state index contributed by atoms with van der Waals surface area (Å²) in [5.74, 6) is -6.73. The molecule has 0 aliphatic carbocycles. The highest BCUT2D eigenvalue weighted by atomic mass is 19.4. The van der Waals surface area contributed by atoms with E-state index < -0.39 is 94.3 Å². The van der Waals surface area contributed by atoms with Crippen LogP contribution < -0.4 is 0 Å². The number of halogens is 12. The zero-order valence-electron chi connectivity index (χ0n) is 20.2. The Morgan fingerprint density at radius 2 is 0.949 bits per heavy atom. The molecular formula is C21H18F12O6. The van der Waals surface area contributed by atoms with Gasteiger partial charge in [-0.2, -0.15) is 52.7 Å². The first kappa shape index (κ1) is 33.8. The molecule has 0 unspecified atom stereocenters. The summed E-state index contributed by atoms with van der Waals surface area (Å²) in [7, 11) is 0. The van der Waals surface area contributed by atoms with E-state index in [1.807, 2.05) is 0 Å². The fourth-order valence-corrected chi connectivity index (χ4v) is 3.30.